The molecule has 1 aliphatic heterocycles. The second kappa shape index (κ2) is 3.06. The molecule has 0 bridgehead atoms. The number of nitrogen functional groups attached to an aromatic ring is 1. The Morgan fingerprint density at radius 2 is 2.27 bits per heavy atom. The summed E-state index contributed by atoms with van der Waals surface area (Å²) in [6, 6.07) is 0.723. The van der Waals surface area contributed by atoms with Gasteiger partial charge in [-0.2, -0.15) is 0 Å². The smallest absolute Gasteiger partial charge is 0.255 e. The number of nitrogens with zero attached hydrogens (tertiary/aromatic N) is 2. The summed E-state index contributed by atoms with van der Waals surface area (Å²) >= 11 is 0. The van der Waals surface area contributed by atoms with Gasteiger partial charge in [0, 0.05) is 24.7 Å². The third-order valence-electron chi connectivity index (χ3n) is 3.18. The van der Waals surface area contributed by atoms with Gasteiger partial charge < -0.3 is 5.73 Å². The van der Waals surface area contributed by atoms with E-state index in [2.05, 4.69) is 14.9 Å². The predicted molar refractivity (Wildman–Crippen MR) is 56.4 cm³/mol. The van der Waals surface area contributed by atoms with E-state index in [0.29, 0.717) is 0 Å². The maximum Gasteiger partial charge on any atom is 0.255 e. The number of hydrogen-bond donors (Lipinski definition) is 2. The highest BCUT2D eigenvalue weighted by atomic mass is 16.1. The number of aromatic nitrogens is 2. The normalized spacial score (nSPS) is 21.3. The lowest BCUT2D eigenvalue weighted by Crippen LogP contribution is -2.36. The van der Waals surface area contributed by atoms with Crippen molar-refractivity contribution in [2.45, 2.75) is 31.8 Å². The van der Waals surface area contributed by atoms with E-state index in [1.165, 1.54) is 12.8 Å². The Labute approximate surface area is 87.3 Å². The Balaban J connectivity index is 1.97. The predicted octanol–water partition coefficient (Wildman–Crippen LogP) is -0.127. The van der Waals surface area contributed by atoms with Crippen molar-refractivity contribution in [3.8, 4) is 0 Å². The number of hydrogen-bond acceptors (Lipinski definition) is 4. The number of nitrogens with one attached hydrogen (secondary N) is 1. The number of aromatic amines is 1. The Kier molecular flexibility index (Phi) is 1.82. The molecule has 3 N–H and O–H groups in total. The average molecular weight is 206 g/mol. The Hall–Kier alpha value is -1.36. The van der Waals surface area contributed by atoms with Crippen LogP contribution in [0.4, 0.5) is 5.95 Å². The number of H-pyrrole nitrogens is 1. The number of fused-ring (bicyclic) bond motifs is 1. The Bertz CT molecular complexity index is 449. The summed E-state index contributed by atoms with van der Waals surface area (Å²) in [5.74, 6) is 0.233. The molecule has 5 nitrogen and oxygen atoms in total. The molecule has 0 saturated heterocycles. The minimum atomic E-state index is -0.0621. The van der Waals surface area contributed by atoms with Crippen LogP contribution in [0.3, 0.4) is 0 Å². The molecule has 15 heavy (non-hydrogen) atoms. The van der Waals surface area contributed by atoms with Crippen LogP contribution in [0.1, 0.15) is 24.1 Å². The van der Waals surface area contributed by atoms with Gasteiger partial charge in [-0.3, -0.25) is 14.7 Å². The van der Waals surface area contributed by atoms with E-state index in [0.717, 1.165) is 36.8 Å². The summed E-state index contributed by atoms with van der Waals surface area (Å²) in [5, 5.41) is 0. The molecule has 2 aliphatic rings. The van der Waals surface area contributed by atoms with Gasteiger partial charge in [0.1, 0.15) is 0 Å². The lowest BCUT2D eigenvalue weighted by Gasteiger charge is -2.27. The minimum Gasteiger partial charge on any atom is -0.369 e. The second-order valence-corrected chi connectivity index (χ2v) is 4.33. The molecule has 0 spiro atoms. The molecule has 1 aromatic heterocycles. The van der Waals surface area contributed by atoms with Crippen LogP contribution in [-0.2, 0) is 13.0 Å². The van der Waals surface area contributed by atoms with Gasteiger partial charge in [0.2, 0.25) is 5.95 Å². The molecule has 0 radical (unpaired) electrons. The molecule has 0 atom stereocenters. The first-order valence-corrected chi connectivity index (χ1v) is 5.35. The molecule has 3 rings (SSSR count). The van der Waals surface area contributed by atoms with Gasteiger partial charge in [-0.1, -0.05) is 0 Å². The molecule has 0 aromatic carbocycles. The summed E-state index contributed by atoms with van der Waals surface area (Å²) in [6.07, 6.45) is 3.37. The van der Waals surface area contributed by atoms with Crippen LogP contribution in [0.5, 0.6) is 0 Å². The molecule has 80 valence electrons. The number of nitrogens with two attached hydrogens (primary N) is 1. The van der Waals surface area contributed by atoms with Gasteiger partial charge in [-0.05, 0) is 19.3 Å². The highest BCUT2D eigenvalue weighted by molar-refractivity contribution is 5.27. The lowest BCUT2D eigenvalue weighted by atomic mass is 10.1. The molecule has 1 saturated carbocycles. The summed E-state index contributed by atoms with van der Waals surface area (Å²) < 4.78 is 0. The molecule has 1 fully saturated rings. The van der Waals surface area contributed by atoms with Crippen molar-refractivity contribution in [1.82, 2.24) is 14.9 Å². The SMILES string of the molecule is Nc1nc2c(c(=O)[nH]1)CCN(C1CC1)C2. The zero-order chi connectivity index (χ0) is 10.4. The first-order chi connectivity index (χ1) is 7.24. The van der Waals surface area contributed by atoms with E-state index < -0.39 is 0 Å². The van der Waals surface area contributed by atoms with E-state index in [9.17, 15) is 4.79 Å². The quantitative estimate of drug-likeness (QED) is 0.671. The molecule has 5 heteroatoms. The molecule has 0 amide bonds. The number of anilines is 1. The van der Waals surface area contributed by atoms with E-state index in [1.807, 2.05) is 0 Å². The standard InChI is InChI=1S/C10H14N4O/c11-10-12-8-5-14(6-1-2-6)4-3-7(8)9(15)13-10/h6H,1-5H2,(H3,11,12,13,15). The second-order valence-electron chi connectivity index (χ2n) is 4.33. The van der Waals surface area contributed by atoms with E-state index >= 15 is 0 Å². The maximum absolute atomic E-state index is 11.6. The summed E-state index contributed by atoms with van der Waals surface area (Å²) in [5.41, 5.74) is 7.16. The Morgan fingerprint density at radius 3 is 3.00 bits per heavy atom. The van der Waals surface area contributed by atoms with Crippen molar-refractivity contribution in [3.63, 3.8) is 0 Å². The van der Waals surface area contributed by atoms with Gasteiger partial charge in [0.15, 0.2) is 0 Å². The van der Waals surface area contributed by atoms with Gasteiger partial charge in [0.05, 0.1) is 5.69 Å². The van der Waals surface area contributed by atoms with E-state index in [1.54, 1.807) is 0 Å². The van der Waals surface area contributed by atoms with Crippen molar-refractivity contribution in [2.75, 3.05) is 12.3 Å². The average Bonchev–Trinajstić information content (AvgIpc) is 2.99. The third kappa shape index (κ3) is 1.52. The van der Waals surface area contributed by atoms with Crippen LogP contribution in [-0.4, -0.2) is 27.5 Å². The van der Waals surface area contributed by atoms with Crippen LogP contribution in [0.25, 0.3) is 0 Å². The monoisotopic (exact) mass is 206 g/mol. The summed E-state index contributed by atoms with van der Waals surface area (Å²) in [7, 11) is 0. The van der Waals surface area contributed by atoms with Crippen LogP contribution in [0.2, 0.25) is 0 Å². The van der Waals surface area contributed by atoms with Crippen molar-refractivity contribution in [3.05, 3.63) is 21.6 Å². The fourth-order valence-electron chi connectivity index (χ4n) is 2.23. The topological polar surface area (TPSA) is 75.0 Å². The van der Waals surface area contributed by atoms with Crippen molar-refractivity contribution < 1.29 is 0 Å². The summed E-state index contributed by atoms with van der Waals surface area (Å²) in [4.78, 5) is 20.7. The molecule has 1 aliphatic carbocycles. The largest absolute Gasteiger partial charge is 0.369 e. The van der Waals surface area contributed by atoms with Crippen LogP contribution in [0, 0.1) is 0 Å². The van der Waals surface area contributed by atoms with Crippen molar-refractivity contribution in [2.24, 2.45) is 0 Å². The van der Waals surface area contributed by atoms with Crippen LogP contribution in [0.15, 0.2) is 4.79 Å². The fourth-order valence-corrected chi connectivity index (χ4v) is 2.23. The molecular weight excluding hydrogens is 192 g/mol. The first kappa shape index (κ1) is 8.91. The highest BCUT2D eigenvalue weighted by Gasteiger charge is 2.32. The third-order valence-corrected chi connectivity index (χ3v) is 3.18. The van der Waals surface area contributed by atoms with Gasteiger partial charge in [0.25, 0.3) is 5.56 Å². The molecule has 2 heterocycles. The molecule has 0 unspecified atom stereocenters. The van der Waals surface area contributed by atoms with E-state index in [-0.39, 0.29) is 11.5 Å². The molecule has 1 aromatic rings. The van der Waals surface area contributed by atoms with Crippen LogP contribution < -0.4 is 11.3 Å². The zero-order valence-electron chi connectivity index (χ0n) is 8.49. The Morgan fingerprint density at radius 1 is 1.47 bits per heavy atom. The highest BCUT2D eigenvalue weighted by Crippen LogP contribution is 2.30. The molecular formula is C10H14N4O. The minimum absolute atomic E-state index is 0.0621. The first-order valence-electron chi connectivity index (χ1n) is 5.35. The zero-order valence-corrected chi connectivity index (χ0v) is 8.49. The fraction of sp³-hybridized carbons (Fsp3) is 0.600. The van der Waals surface area contributed by atoms with Crippen molar-refractivity contribution >= 4 is 5.95 Å². The van der Waals surface area contributed by atoms with Crippen molar-refractivity contribution in [1.29, 1.82) is 0 Å². The maximum atomic E-state index is 11.6. The number of rotatable bonds is 1. The van der Waals surface area contributed by atoms with Gasteiger partial charge in [-0.25, -0.2) is 4.98 Å². The summed E-state index contributed by atoms with van der Waals surface area (Å²) in [6.45, 7) is 1.76. The van der Waals surface area contributed by atoms with Gasteiger partial charge in [-0.15, -0.1) is 0 Å². The van der Waals surface area contributed by atoms with Gasteiger partial charge >= 0.3 is 0 Å². The van der Waals surface area contributed by atoms with Crippen LogP contribution >= 0.6 is 0 Å². The lowest BCUT2D eigenvalue weighted by molar-refractivity contribution is 0.239. The van der Waals surface area contributed by atoms with E-state index in [4.69, 9.17) is 5.73 Å².